The molecule has 0 spiro atoms. The first kappa shape index (κ1) is 6.81. The molecule has 0 aromatic carbocycles. The highest BCUT2D eigenvalue weighted by Gasteiger charge is 2.10. The number of rotatable bonds is 2. The Kier molecular flexibility index (Phi) is 2.78. The van der Waals surface area contributed by atoms with Crippen molar-refractivity contribution in [3.8, 4) is 0 Å². The van der Waals surface area contributed by atoms with Gasteiger partial charge >= 0.3 is 0 Å². The van der Waals surface area contributed by atoms with Gasteiger partial charge in [0.25, 0.3) is 0 Å². The fourth-order valence-electron chi connectivity index (χ4n) is 1.23. The van der Waals surface area contributed by atoms with E-state index < -0.39 is 0 Å². The fourth-order valence-corrected chi connectivity index (χ4v) is 1.23. The van der Waals surface area contributed by atoms with Crippen LogP contribution in [0, 0.1) is 5.92 Å². The van der Waals surface area contributed by atoms with E-state index >= 15 is 0 Å². The Morgan fingerprint density at radius 1 is 1.67 bits per heavy atom. The molecule has 1 heterocycles. The molecule has 1 atom stereocenters. The molecule has 0 N–H and O–H groups in total. The van der Waals surface area contributed by atoms with E-state index in [1.807, 2.05) is 6.08 Å². The largest absolute Gasteiger partial charge is 0.381 e. The summed E-state index contributed by atoms with van der Waals surface area (Å²) in [7, 11) is 0. The molecule has 1 unspecified atom stereocenters. The van der Waals surface area contributed by atoms with Crippen molar-refractivity contribution in [3.05, 3.63) is 12.7 Å². The highest BCUT2D eigenvalue weighted by molar-refractivity contribution is 4.74. The second-order valence-corrected chi connectivity index (χ2v) is 2.61. The molecule has 1 aliphatic rings. The van der Waals surface area contributed by atoms with Crippen LogP contribution in [0.3, 0.4) is 0 Å². The molecule has 1 nitrogen and oxygen atoms in total. The summed E-state index contributed by atoms with van der Waals surface area (Å²) in [5.41, 5.74) is 0. The minimum absolute atomic E-state index is 0.760. The minimum Gasteiger partial charge on any atom is -0.381 e. The van der Waals surface area contributed by atoms with E-state index in [2.05, 4.69) is 6.58 Å². The Morgan fingerprint density at radius 3 is 3.11 bits per heavy atom. The third-order valence-electron chi connectivity index (χ3n) is 1.75. The van der Waals surface area contributed by atoms with Crippen molar-refractivity contribution in [2.24, 2.45) is 5.92 Å². The summed E-state index contributed by atoms with van der Waals surface area (Å²) in [6, 6.07) is 0. The molecular weight excluding hydrogens is 112 g/mol. The highest BCUT2D eigenvalue weighted by atomic mass is 16.5. The maximum absolute atomic E-state index is 5.29. The van der Waals surface area contributed by atoms with Crippen LogP contribution in [0.25, 0.3) is 0 Å². The lowest BCUT2D eigenvalue weighted by Gasteiger charge is -2.20. The van der Waals surface area contributed by atoms with Crippen molar-refractivity contribution in [3.63, 3.8) is 0 Å². The first-order chi connectivity index (χ1) is 4.43. The molecule has 0 radical (unpaired) electrons. The lowest BCUT2D eigenvalue weighted by atomic mass is 9.99. The van der Waals surface area contributed by atoms with E-state index in [0.717, 1.165) is 25.6 Å². The summed E-state index contributed by atoms with van der Waals surface area (Å²) in [6.07, 6.45) is 5.67. The molecule has 0 aliphatic carbocycles. The molecule has 1 fully saturated rings. The standard InChI is InChI=1S/C8H14O/c1-2-4-8-5-3-6-9-7-8/h2,8H,1,3-7H2. The zero-order valence-electron chi connectivity index (χ0n) is 5.81. The zero-order chi connectivity index (χ0) is 6.53. The van der Waals surface area contributed by atoms with Crippen LogP contribution in [-0.4, -0.2) is 13.2 Å². The predicted octanol–water partition coefficient (Wildman–Crippen LogP) is 1.99. The first-order valence-electron chi connectivity index (χ1n) is 3.62. The average molecular weight is 126 g/mol. The van der Waals surface area contributed by atoms with Gasteiger partial charge in [0.05, 0.1) is 0 Å². The Morgan fingerprint density at radius 2 is 2.56 bits per heavy atom. The van der Waals surface area contributed by atoms with Crippen molar-refractivity contribution < 1.29 is 4.74 Å². The van der Waals surface area contributed by atoms with E-state index in [1.165, 1.54) is 12.8 Å². The SMILES string of the molecule is C=CCC1CCCOC1. The summed E-state index contributed by atoms with van der Waals surface area (Å²) in [6.45, 7) is 5.62. The van der Waals surface area contributed by atoms with Crippen molar-refractivity contribution in [1.82, 2.24) is 0 Å². The quantitative estimate of drug-likeness (QED) is 0.514. The number of hydrogen-bond donors (Lipinski definition) is 0. The molecule has 1 heteroatoms. The van der Waals surface area contributed by atoms with Crippen LogP contribution < -0.4 is 0 Å². The van der Waals surface area contributed by atoms with E-state index in [0.29, 0.717) is 0 Å². The van der Waals surface area contributed by atoms with Crippen LogP contribution in [0.1, 0.15) is 19.3 Å². The third kappa shape index (κ3) is 2.19. The van der Waals surface area contributed by atoms with Crippen molar-refractivity contribution in [1.29, 1.82) is 0 Å². The van der Waals surface area contributed by atoms with Gasteiger partial charge in [-0.25, -0.2) is 0 Å². The molecule has 0 saturated carbocycles. The van der Waals surface area contributed by atoms with Gasteiger partial charge in [-0.05, 0) is 25.2 Å². The summed E-state index contributed by atoms with van der Waals surface area (Å²) in [5, 5.41) is 0. The number of allylic oxidation sites excluding steroid dienone is 1. The van der Waals surface area contributed by atoms with Gasteiger partial charge in [-0.2, -0.15) is 0 Å². The summed E-state index contributed by atoms with van der Waals surface area (Å²) < 4.78 is 5.29. The summed E-state index contributed by atoms with van der Waals surface area (Å²) >= 11 is 0. The van der Waals surface area contributed by atoms with Crippen LogP contribution in [0.4, 0.5) is 0 Å². The molecule has 1 saturated heterocycles. The predicted molar refractivity (Wildman–Crippen MR) is 38.4 cm³/mol. The van der Waals surface area contributed by atoms with Gasteiger partial charge < -0.3 is 4.74 Å². The molecule has 0 bridgehead atoms. The van der Waals surface area contributed by atoms with Crippen LogP contribution >= 0.6 is 0 Å². The molecule has 0 aromatic rings. The van der Waals surface area contributed by atoms with Gasteiger partial charge in [0.15, 0.2) is 0 Å². The van der Waals surface area contributed by atoms with Crippen molar-refractivity contribution in [2.45, 2.75) is 19.3 Å². The summed E-state index contributed by atoms with van der Waals surface area (Å²) in [5.74, 6) is 0.760. The monoisotopic (exact) mass is 126 g/mol. The highest BCUT2D eigenvalue weighted by Crippen LogP contribution is 2.16. The van der Waals surface area contributed by atoms with E-state index in [4.69, 9.17) is 4.74 Å². The minimum atomic E-state index is 0.760. The van der Waals surface area contributed by atoms with Crippen LogP contribution in [-0.2, 0) is 4.74 Å². The van der Waals surface area contributed by atoms with Crippen molar-refractivity contribution in [2.75, 3.05) is 13.2 Å². The maximum Gasteiger partial charge on any atom is 0.0497 e. The van der Waals surface area contributed by atoms with Crippen LogP contribution in [0.15, 0.2) is 12.7 Å². The Bertz CT molecular complexity index is 82.6. The number of hydrogen-bond acceptors (Lipinski definition) is 1. The Balaban J connectivity index is 2.15. The smallest absolute Gasteiger partial charge is 0.0497 e. The van der Waals surface area contributed by atoms with Gasteiger partial charge in [0, 0.05) is 13.2 Å². The molecule has 0 amide bonds. The molecule has 1 aliphatic heterocycles. The van der Waals surface area contributed by atoms with Crippen LogP contribution in [0.5, 0.6) is 0 Å². The van der Waals surface area contributed by atoms with Gasteiger partial charge in [-0.3, -0.25) is 0 Å². The lowest BCUT2D eigenvalue weighted by Crippen LogP contribution is -2.16. The maximum atomic E-state index is 5.29. The Labute approximate surface area is 56.7 Å². The lowest BCUT2D eigenvalue weighted by molar-refractivity contribution is 0.0560. The summed E-state index contributed by atoms with van der Waals surface area (Å²) in [4.78, 5) is 0. The van der Waals surface area contributed by atoms with E-state index in [9.17, 15) is 0 Å². The topological polar surface area (TPSA) is 9.23 Å². The second-order valence-electron chi connectivity index (χ2n) is 2.61. The van der Waals surface area contributed by atoms with E-state index in [1.54, 1.807) is 0 Å². The molecule has 52 valence electrons. The van der Waals surface area contributed by atoms with E-state index in [-0.39, 0.29) is 0 Å². The van der Waals surface area contributed by atoms with Crippen LogP contribution in [0.2, 0.25) is 0 Å². The molecule has 1 rings (SSSR count). The van der Waals surface area contributed by atoms with Gasteiger partial charge in [-0.15, -0.1) is 6.58 Å². The zero-order valence-corrected chi connectivity index (χ0v) is 5.81. The molecule has 0 aromatic heterocycles. The molecular formula is C8H14O. The normalized spacial score (nSPS) is 27.8. The second kappa shape index (κ2) is 3.67. The first-order valence-corrected chi connectivity index (χ1v) is 3.62. The average Bonchev–Trinajstić information content (AvgIpc) is 1.91. The van der Waals surface area contributed by atoms with Crippen molar-refractivity contribution >= 4 is 0 Å². The number of ether oxygens (including phenoxy) is 1. The van der Waals surface area contributed by atoms with Gasteiger partial charge in [0.2, 0.25) is 0 Å². The fraction of sp³-hybridized carbons (Fsp3) is 0.750. The molecule has 9 heavy (non-hydrogen) atoms. The van der Waals surface area contributed by atoms with Gasteiger partial charge in [-0.1, -0.05) is 6.08 Å². The third-order valence-corrected chi connectivity index (χ3v) is 1.75. The Hall–Kier alpha value is -0.300. The van der Waals surface area contributed by atoms with Gasteiger partial charge in [0.1, 0.15) is 0 Å².